The van der Waals surface area contributed by atoms with Gasteiger partial charge in [0.2, 0.25) is 11.8 Å². The lowest BCUT2D eigenvalue weighted by Crippen LogP contribution is -2.51. The molecular formula is C29H33Cl2N3O4S. The van der Waals surface area contributed by atoms with E-state index in [1.165, 1.54) is 29.2 Å². The van der Waals surface area contributed by atoms with Crippen molar-refractivity contribution in [2.75, 3.05) is 17.4 Å². The van der Waals surface area contributed by atoms with Gasteiger partial charge in [0, 0.05) is 23.1 Å². The molecule has 3 rings (SSSR count). The Morgan fingerprint density at radius 1 is 0.897 bits per heavy atom. The molecule has 0 fully saturated rings. The van der Waals surface area contributed by atoms with Crippen LogP contribution < -0.4 is 9.62 Å². The van der Waals surface area contributed by atoms with Crippen molar-refractivity contribution >= 4 is 50.7 Å². The third kappa shape index (κ3) is 7.97. The number of hydrogen-bond acceptors (Lipinski definition) is 4. The standard InChI is InChI=1S/C29H33Cl2N3O4S/c1-20(2)17-32-29(36)22(4)33(18-23-9-7-10-25(31)16-23)28(35)19-34(27-11-6-5-8-21(27)3)39(37,38)26-14-12-24(30)13-15-26/h5-16,20,22H,17-19H2,1-4H3,(H,32,36)/t22-/m0/s1. The second kappa shape index (κ2) is 13.3. The Hall–Kier alpha value is -3.07. The average Bonchev–Trinajstić information content (AvgIpc) is 2.89. The van der Waals surface area contributed by atoms with E-state index in [0.717, 1.165) is 4.31 Å². The number of carbonyl (C=O) groups is 2. The van der Waals surface area contributed by atoms with Crippen LogP contribution in [-0.4, -0.2) is 44.3 Å². The van der Waals surface area contributed by atoms with Gasteiger partial charge in [0.25, 0.3) is 10.0 Å². The SMILES string of the molecule is Cc1ccccc1N(CC(=O)N(Cc1cccc(Cl)c1)[C@@H](C)C(=O)NCC(C)C)S(=O)(=O)c1ccc(Cl)cc1. The molecule has 0 aromatic heterocycles. The van der Waals surface area contributed by atoms with Crippen molar-refractivity contribution in [1.29, 1.82) is 0 Å². The fourth-order valence-electron chi connectivity index (χ4n) is 3.96. The van der Waals surface area contributed by atoms with E-state index in [2.05, 4.69) is 5.32 Å². The molecule has 39 heavy (non-hydrogen) atoms. The summed E-state index contributed by atoms with van der Waals surface area (Å²) in [6.45, 7) is 7.35. The number of halogens is 2. The molecule has 0 radical (unpaired) electrons. The van der Waals surface area contributed by atoms with E-state index in [4.69, 9.17) is 23.2 Å². The smallest absolute Gasteiger partial charge is 0.264 e. The van der Waals surface area contributed by atoms with E-state index in [1.54, 1.807) is 62.4 Å². The monoisotopic (exact) mass is 589 g/mol. The fraction of sp³-hybridized carbons (Fsp3) is 0.310. The van der Waals surface area contributed by atoms with Gasteiger partial charge in [-0.15, -0.1) is 0 Å². The minimum absolute atomic E-state index is 0.00734. The first-order valence-electron chi connectivity index (χ1n) is 12.6. The molecule has 208 valence electrons. The summed E-state index contributed by atoms with van der Waals surface area (Å²) >= 11 is 12.2. The second-order valence-electron chi connectivity index (χ2n) is 9.72. The maximum atomic E-state index is 13.9. The summed E-state index contributed by atoms with van der Waals surface area (Å²) in [7, 11) is -4.16. The van der Waals surface area contributed by atoms with Crippen LogP contribution in [0, 0.1) is 12.8 Å². The van der Waals surface area contributed by atoms with Crippen molar-refractivity contribution < 1.29 is 18.0 Å². The van der Waals surface area contributed by atoms with Gasteiger partial charge in [-0.1, -0.05) is 67.4 Å². The molecule has 0 aliphatic rings. The predicted molar refractivity (Wildman–Crippen MR) is 156 cm³/mol. The van der Waals surface area contributed by atoms with E-state index in [-0.39, 0.29) is 23.3 Å². The van der Waals surface area contributed by atoms with Gasteiger partial charge < -0.3 is 10.2 Å². The minimum atomic E-state index is -4.16. The second-order valence-corrected chi connectivity index (χ2v) is 12.5. The number of carbonyl (C=O) groups excluding carboxylic acids is 2. The van der Waals surface area contributed by atoms with Gasteiger partial charge in [0.15, 0.2) is 0 Å². The van der Waals surface area contributed by atoms with Crippen molar-refractivity contribution in [3.8, 4) is 0 Å². The molecular weight excluding hydrogens is 557 g/mol. The number of para-hydroxylation sites is 1. The largest absolute Gasteiger partial charge is 0.354 e. The summed E-state index contributed by atoms with van der Waals surface area (Å²) in [5, 5.41) is 3.75. The van der Waals surface area contributed by atoms with Gasteiger partial charge in [-0.3, -0.25) is 13.9 Å². The molecule has 0 saturated heterocycles. The first kappa shape index (κ1) is 30.5. The van der Waals surface area contributed by atoms with Crippen LogP contribution in [0.25, 0.3) is 0 Å². The zero-order chi connectivity index (χ0) is 28.7. The average molecular weight is 591 g/mol. The van der Waals surface area contributed by atoms with E-state index >= 15 is 0 Å². The van der Waals surface area contributed by atoms with Gasteiger partial charge in [0.1, 0.15) is 12.6 Å². The maximum absolute atomic E-state index is 13.9. The van der Waals surface area contributed by atoms with Gasteiger partial charge in [-0.2, -0.15) is 0 Å². The molecule has 0 aliphatic heterocycles. The zero-order valence-electron chi connectivity index (χ0n) is 22.4. The van der Waals surface area contributed by atoms with E-state index in [0.29, 0.717) is 33.4 Å². The van der Waals surface area contributed by atoms with Crippen LogP contribution in [0.4, 0.5) is 5.69 Å². The number of benzene rings is 3. The van der Waals surface area contributed by atoms with Crippen LogP contribution in [-0.2, 0) is 26.2 Å². The summed E-state index contributed by atoms with van der Waals surface area (Å²) in [6, 6.07) is 18.8. The highest BCUT2D eigenvalue weighted by molar-refractivity contribution is 7.92. The quantitative estimate of drug-likeness (QED) is 0.311. The van der Waals surface area contributed by atoms with Crippen molar-refractivity contribution in [1.82, 2.24) is 10.2 Å². The molecule has 0 aliphatic carbocycles. The van der Waals surface area contributed by atoms with E-state index in [1.807, 2.05) is 13.8 Å². The molecule has 1 N–H and O–H groups in total. The first-order chi connectivity index (χ1) is 18.4. The number of aryl methyl sites for hydroxylation is 1. The van der Waals surface area contributed by atoms with Crippen LogP contribution in [0.5, 0.6) is 0 Å². The minimum Gasteiger partial charge on any atom is -0.354 e. The Labute approximate surface area is 240 Å². The number of anilines is 1. The van der Waals surface area contributed by atoms with Gasteiger partial charge in [0.05, 0.1) is 10.6 Å². The normalized spacial score (nSPS) is 12.2. The van der Waals surface area contributed by atoms with Crippen molar-refractivity contribution in [3.05, 3.63) is 94.0 Å². The molecule has 0 spiro atoms. The van der Waals surface area contributed by atoms with Crippen LogP contribution >= 0.6 is 23.2 Å². The fourth-order valence-corrected chi connectivity index (χ4v) is 5.78. The van der Waals surface area contributed by atoms with Crippen molar-refractivity contribution in [2.45, 2.75) is 45.2 Å². The molecule has 0 unspecified atom stereocenters. The van der Waals surface area contributed by atoms with Crippen LogP contribution in [0.15, 0.2) is 77.7 Å². The maximum Gasteiger partial charge on any atom is 0.264 e. The molecule has 10 heteroatoms. The third-order valence-corrected chi connectivity index (χ3v) is 8.42. The van der Waals surface area contributed by atoms with Gasteiger partial charge in [-0.05, 0) is 73.4 Å². The molecule has 0 bridgehead atoms. The molecule has 3 aromatic carbocycles. The van der Waals surface area contributed by atoms with Crippen molar-refractivity contribution in [3.63, 3.8) is 0 Å². The summed E-state index contributed by atoms with van der Waals surface area (Å²) < 4.78 is 28.8. The highest BCUT2D eigenvalue weighted by atomic mass is 35.5. The lowest BCUT2D eigenvalue weighted by Gasteiger charge is -2.32. The Kier molecular flexibility index (Phi) is 10.4. The highest BCUT2D eigenvalue weighted by Gasteiger charge is 2.33. The van der Waals surface area contributed by atoms with Crippen LogP contribution in [0.2, 0.25) is 10.0 Å². The Balaban J connectivity index is 2.02. The summed E-state index contributed by atoms with van der Waals surface area (Å²) in [5.74, 6) is -0.649. The number of sulfonamides is 1. The van der Waals surface area contributed by atoms with Gasteiger partial charge in [-0.25, -0.2) is 8.42 Å². The van der Waals surface area contributed by atoms with Crippen LogP contribution in [0.3, 0.4) is 0 Å². The third-order valence-electron chi connectivity index (χ3n) is 6.16. The van der Waals surface area contributed by atoms with Crippen molar-refractivity contribution in [2.24, 2.45) is 5.92 Å². The molecule has 0 heterocycles. The number of hydrogen-bond donors (Lipinski definition) is 1. The van der Waals surface area contributed by atoms with Gasteiger partial charge >= 0.3 is 0 Å². The highest BCUT2D eigenvalue weighted by Crippen LogP contribution is 2.28. The molecule has 7 nitrogen and oxygen atoms in total. The molecule has 0 saturated carbocycles. The van der Waals surface area contributed by atoms with E-state index < -0.39 is 28.5 Å². The van der Waals surface area contributed by atoms with Crippen LogP contribution in [0.1, 0.15) is 31.9 Å². The number of rotatable bonds is 11. The summed E-state index contributed by atoms with van der Waals surface area (Å²) in [4.78, 5) is 28.3. The lowest BCUT2D eigenvalue weighted by molar-refractivity contribution is -0.139. The Bertz CT molecular complexity index is 1410. The first-order valence-corrected chi connectivity index (χ1v) is 14.7. The summed E-state index contributed by atoms with van der Waals surface area (Å²) in [5.41, 5.74) is 1.75. The molecule has 2 amide bonds. The number of nitrogens with one attached hydrogen (secondary N) is 1. The zero-order valence-corrected chi connectivity index (χ0v) is 24.7. The number of nitrogens with zero attached hydrogens (tertiary/aromatic N) is 2. The summed E-state index contributed by atoms with van der Waals surface area (Å²) in [6.07, 6.45) is 0. The Morgan fingerprint density at radius 3 is 2.18 bits per heavy atom. The lowest BCUT2D eigenvalue weighted by atomic mass is 10.1. The van der Waals surface area contributed by atoms with E-state index in [9.17, 15) is 18.0 Å². The molecule has 1 atom stereocenters. The number of amides is 2. The predicted octanol–water partition coefficient (Wildman–Crippen LogP) is 5.69. The Morgan fingerprint density at radius 2 is 1.56 bits per heavy atom. The molecule has 3 aromatic rings. The topological polar surface area (TPSA) is 86.8 Å².